The van der Waals surface area contributed by atoms with E-state index in [2.05, 4.69) is 76.3 Å². The Hall–Kier alpha value is -1.57. The number of nitrogens with one attached hydrogen (secondary N) is 1. The van der Waals surface area contributed by atoms with Crippen LogP contribution in [-0.4, -0.2) is 36.1 Å². The first-order valence-electron chi connectivity index (χ1n) is 12.8. The van der Waals surface area contributed by atoms with Crippen molar-refractivity contribution in [3.05, 3.63) is 45.4 Å². The normalized spacial score (nSPS) is 13.0. The molecule has 3 N–H and O–H groups in total. The van der Waals surface area contributed by atoms with Gasteiger partial charge in [0.1, 0.15) is 16.5 Å². The van der Waals surface area contributed by atoms with Crippen LogP contribution >= 0.6 is 23.1 Å². The van der Waals surface area contributed by atoms with Crippen molar-refractivity contribution in [1.29, 1.82) is 0 Å². The first-order chi connectivity index (χ1) is 16.6. The van der Waals surface area contributed by atoms with E-state index in [9.17, 15) is 4.79 Å². The van der Waals surface area contributed by atoms with E-state index in [0.717, 1.165) is 48.6 Å². The molecule has 7 heteroatoms. The predicted octanol–water partition coefficient (Wildman–Crippen LogP) is 6.86. The van der Waals surface area contributed by atoms with Gasteiger partial charge in [-0.15, -0.1) is 11.3 Å². The van der Waals surface area contributed by atoms with Gasteiger partial charge in [0, 0.05) is 17.5 Å². The van der Waals surface area contributed by atoms with Gasteiger partial charge in [0.15, 0.2) is 0 Å². The Morgan fingerprint density at radius 1 is 1.17 bits per heavy atom. The molecule has 1 atom stereocenters. The minimum Gasteiger partial charge on any atom is -0.493 e. The summed E-state index contributed by atoms with van der Waals surface area (Å²) in [7, 11) is 0. The Labute approximate surface area is 221 Å². The zero-order valence-corrected chi connectivity index (χ0v) is 24.3. The van der Waals surface area contributed by atoms with Crippen molar-refractivity contribution in [3.8, 4) is 5.75 Å². The lowest BCUT2D eigenvalue weighted by Crippen LogP contribution is -2.25. The Balaban J connectivity index is 1.85. The zero-order chi connectivity index (χ0) is 26.1. The second-order valence-corrected chi connectivity index (χ2v) is 12.3. The average Bonchev–Trinajstić information content (AvgIpc) is 3.35. The van der Waals surface area contributed by atoms with Crippen LogP contribution in [0.3, 0.4) is 0 Å². The molecule has 0 fully saturated rings. The molecule has 1 aromatic carbocycles. The van der Waals surface area contributed by atoms with Gasteiger partial charge in [0.05, 0.1) is 12.6 Å². The van der Waals surface area contributed by atoms with Crippen LogP contribution in [-0.2, 0) is 10.8 Å². The topological polar surface area (TPSA) is 77.2 Å². The van der Waals surface area contributed by atoms with E-state index in [0.29, 0.717) is 18.8 Å². The fraction of sp³-hybridized carbons (Fsp3) is 0.643. The summed E-state index contributed by atoms with van der Waals surface area (Å²) in [6, 6.07) is 6.60. The summed E-state index contributed by atoms with van der Waals surface area (Å²) in [5.74, 6) is 1.83. The van der Waals surface area contributed by atoms with Crippen LogP contribution in [0.1, 0.15) is 106 Å². The second kappa shape index (κ2) is 13.7. The SMILES string of the molecule is CCC(C)(C)c1ccc(OCCCCNC(=O)c2csc(C(N)CCSC)n2)c(C(C)(C)CC)c1. The minimum absolute atomic E-state index is 0.0490. The van der Waals surface area contributed by atoms with E-state index in [1.54, 1.807) is 17.1 Å². The lowest BCUT2D eigenvalue weighted by atomic mass is 9.76. The van der Waals surface area contributed by atoms with Crippen molar-refractivity contribution in [1.82, 2.24) is 10.3 Å². The third kappa shape index (κ3) is 8.50. The van der Waals surface area contributed by atoms with Gasteiger partial charge < -0.3 is 15.8 Å². The fourth-order valence-electron chi connectivity index (χ4n) is 3.63. The maximum atomic E-state index is 12.4. The van der Waals surface area contributed by atoms with Crippen LogP contribution in [0.25, 0.3) is 0 Å². The highest BCUT2D eigenvalue weighted by molar-refractivity contribution is 7.98. The average molecular weight is 520 g/mol. The number of carbonyl (C=O) groups is 1. The number of nitrogens with zero attached hydrogens (tertiary/aromatic N) is 1. The van der Waals surface area contributed by atoms with Crippen LogP contribution < -0.4 is 15.8 Å². The third-order valence-electron chi connectivity index (χ3n) is 7.08. The summed E-state index contributed by atoms with van der Waals surface area (Å²) in [5.41, 5.74) is 9.47. The molecule has 0 bridgehead atoms. The van der Waals surface area contributed by atoms with Gasteiger partial charge in [-0.2, -0.15) is 11.8 Å². The molecule has 0 saturated carbocycles. The van der Waals surface area contributed by atoms with Crippen LogP contribution in [0, 0.1) is 0 Å². The van der Waals surface area contributed by atoms with Crippen LogP contribution in [0.4, 0.5) is 0 Å². The van der Waals surface area contributed by atoms with Gasteiger partial charge in [0.2, 0.25) is 0 Å². The smallest absolute Gasteiger partial charge is 0.270 e. The highest BCUT2D eigenvalue weighted by atomic mass is 32.2. The lowest BCUT2D eigenvalue weighted by Gasteiger charge is -2.30. The Bertz CT molecular complexity index is 940. The summed E-state index contributed by atoms with van der Waals surface area (Å²) >= 11 is 3.23. The van der Waals surface area contributed by atoms with E-state index in [1.807, 2.05) is 0 Å². The first-order valence-corrected chi connectivity index (χ1v) is 15.1. The van der Waals surface area contributed by atoms with Gasteiger partial charge in [-0.3, -0.25) is 4.79 Å². The lowest BCUT2D eigenvalue weighted by molar-refractivity contribution is 0.0948. The predicted molar refractivity (Wildman–Crippen MR) is 152 cm³/mol. The van der Waals surface area contributed by atoms with Crippen molar-refractivity contribution in [2.45, 2.75) is 90.5 Å². The van der Waals surface area contributed by atoms with Gasteiger partial charge in [-0.25, -0.2) is 4.98 Å². The summed E-state index contributed by atoms with van der Waals surface area (Å²) in [6.07, 6.45) is 6.79. The molecule has 0 aliphatic heterocycles. The van der Waals surface area contributed by atoms with E-state index < -0.39 is 0 Å². The summed E-state index contributed by atoms with van der Waals surface area (Å²) < 4.78 is 6.24. The zero-order valence-electron chi connectivity index (χ0n) is 22.7. The van der Waals surface area contributed by atoms with E-state index >= 15 is 0 Å². The molecule has 0 aliphatic rings. The molecular weight excluding hydrogens is 474 g/mol. The molecule has 0 radical (unpaired) electrons. The quantitative estimate of drug-likeness (QED) is 0.251. The Morgan fingerprint density at radius 2 is 1.89 bits per heavy atom. The maximum absolute atomic E-state index is 12.4. The molecule has 0 spiro atoms. The summed E-state index contributed by atoms with van der Waals surface area (Å²) in [6.45, 7) is 14.9. The van der Waals surface area contributed by atoms with Crippen molar-refractivity contribution in [3.63, 3.8) is 0 Å². The fourth-order valence-corrected chi connectivity index (χ4v) is 4.96. The highest BCUT2D eigenvalue weighted by Gasteiger charge is 2.26. The van der Waals surface area contributed by atoms with Crippen molar-refractivity contribution in [2.24, 2.45) is 5.73 Å². The van der Waals surface area contributed by atoms with E-state index in [4.69, 9.17) is 10.5 Å². The number of benzene rings is 1. The number of aromatic nitrogens is 1. The standard InChI is InChI=1S/C28H45N3O2S2/c1-8-27(3,4)20-12-13-24(21(18-20)28(5,6)9-2)33-16-11-10-15-30-25(32)23-19-35-26(31-23)22(29)14-17-34-7/h12-13,18-19,22H,8-11,14-17,29H2,1-7H3,(H,30,32). The number of thiazole rings is 1. The van der Waals surface area contributed by atoms with E-state index in [-0.39, 0.29) is 22.8 Å². The van der Waals surface area contributed by atoms with Gasteiger partial charge in [-0.05, 0) is 66.6 Å². The van der Waals surface area contributed by atoms with Crippen LogP contribution in [0.5, 0.6) is 5.75 Å². The summed E-state index contributed by atoms with van der Waals surface area (Å²) in [4.78, 5) is 16.9. The number of unbranched alkanes of at least 4 members (excludes halogenated alkanes) is 1. The third-order valence-corrected chi connectivity index (χ3v) is 8.70. The van der Waals surface area contributed by atoms with Crippen molar-refractivity contribution in [2.75, 3.05) is 25.2 Å². The number of ether oxygens (including phenoxy) is 1. The molecular formula is C28H45N3O2S2. The van der Waals surface area contributed by atoms with Gasteiger partial charge in [0.25, 0.3) is 5.91 Å². The summed E-state index contributed by atoms with van der Waals surface area (Å²) in [5, 5.41) is 5.60. The Morgan fingerprint density at radius 3 is 2.54 bits per heavy atom. The number of nitrogens with two attached hydrogens (primary N) is 1. The first kappa shape index (κ1) is 29.7. The number of hydrogen-bond acceptors (Lipinski definition) is 6. The minimum atomic E-state index is -0.133. The number of thioether (sulfide) groups is 1. The number of carbonyl (C=O) groups excluding carboxylic acids is 1. The molecule has 1 unspecified atom stereocenters. The van der Waals surface area contributed by atoms with Crippen LogP contribution in [0.2, 0.25) is 0 Å². The van der Waals surface area contributed by atoms with Crippen molar-refractivity contribution < 1.29 is 9.53 Å². The molecule has 196 valence electrons. The molecule has 1 aromatic heterocycles. The molecule has 0 saturated heterocycles. The molecule has 1 amide bonds. The number of rotatable bonds is 15. The van der Waals surface area contributed by atoms with Crippen molar-refractivity contribution >= 4 is 29.0 Å². The number of hydrogen-bond donors (Lipinski definition) is 2. The molecule has 5 nitrogen and oxygen atoms in total. The number of amides is 1. The van der Waals surface area contributed by atoms with Gasteiger partial charge in [-0.1, -0.05) is 53.7 Å². The Kier molecular flexibility index (Phi) is 11.6. The molecule has 2 rings (SSSR count). The molecule has 0 aliphatic carbocycles. The highest BCUT2D eigenvalue weighted by Crippen LogP contribution is 2.38. The van der Waals surface area contributed by atoms with Crippen LogP contribution in [0.15, 0.2) is 23.6 Å². The maximum Gasteiger partial charge on any atom is 0.270 e. The largest absolute Gasteiger partial charge is 0.493 e. The second-order valence-electron chi connectivity index (χ2n) is 10.5. The molecule has 2 aromatic rings. The van der Waals surface area contributed by atoms with E-state index in [1.165, 1.54) is 22.5 Å². The molecule has 1 heterocycles. The monoisotopic (exact) mass is 519 g/mol. The van der Waals surface area contributed by atoms with Gasteiger partial charge >= 0.3 is 0 Å². The molecule has 35 heavy (non-hydrogen) atoms.